The Bertz CT molecular complexity index is 767. The molecule has 1 amide bonds. The number of nitrogens with zero attached hydrogens (tertiary/aromatic N) is 5. The third-order valence-electron chi connectivity index (χ3n) is 5.25. The van der Waals surface area contributed by atoms with Crippen LogP contribution in [0.2, 0.25) is 0 Å². The second kappa shape index (κ2) is 7.35. The van der Waals surface area contributed by atoms with E-state index in [1.807, 2.05) is 34.7 Å². The molecule has 2 aliphatic heterocycles. The van der Waals surface area contributed by atoms with Crippen molar-refractivity contribution in [2.24, 2.45) is 5.92 Å². The first-order valence-corrected chi connectivity index (χ1v) is 9.38. The molecule has 2 aliphatic rings. The topological polar surface area (TPSA) is 63.5 Å². The monoisotopic (exact) mass is 355 g/mol. The van der Waals surface area contributed by atoms with Gasteiger partial charge in [-0.05, 0) is 25.5 Å². The fourth-order valence-electron chi connectivity index (χ4n) is 3.86. The van der Waals surface area contributed by atoms with Crippen LogP contribution < -0.4 is 9.64 Å². The second-order valence-corrected chi connectivity index (χ2v) is 6.81. The van der Waals surface area contributed by atoms with Gasteiger partial charge in [-0.3, -0.25) is 4.79 Å². The van der Waals surface area contributed by atoms with Gasteiger partial charge in [0.2, 0.25) is 5.91 Å². The summed E-state index contributed by atoms with van der Waals surface area (Å²) in [5.74, 6) is 2.18. The van der Waals surface area contributed by atoms with E-state index in [0.29, 0.717) is 13.2 Å². The maximum Gasteiger partial charge on any atom is 0.227 e. The average Bonchev–Trinajstić information content (AvgIpc) is 3.16. The van der Waals surface area contributed by atoms with Gasteiger partial charge >= 0.3 is 0 Å². The van der Waals surface area contributed by atoms with Crippen molar-refractivity contribution in [3.05, 3.63) is 36.4 Å². The molecule has 1 aromatic heterocycles. The number of hydrogen-bond donors (Lipinski definition) is 0. The highest BCUT2D eigenvalue weighted by Gasteiger charge is 2.31. The molecule has 2 aromatic rings. The van der Waals surface area contributed by atoms with Crippen LogP contribution in [0.1, 0.15) is 19.2 Å². The fraction of sp³-hybridized carbons (Fsp3) is 0.526. The van der Waals surface area contributed by atoms with Gasteiger partial charge in [0.1, 0.15) is 17.9 Å². The Balaban J connectivity index is 1.37. The first-order chi connectivity index (χ1) is 12.8. The zero-order valence-electron chi connectivity index (χ0n) is 15.2. The van der Waals surface area contributed by atoms with Crippen molar-refractivity contribution >= 4 is 11.6 Å². The number of carbonyl (C=O) groups is 1. The van der Waals surface area contributed by atoms with Crippen LogP contribution in [0.15, 0.2) is 30.6 Å². The highest BCUT2D eigenvalue weighted by atomic mass is 16.5. The lowest BCUT2D eigenvalue weighted by Crippen LogP contribution is -2.51. The zero-order chi connectivity index (χ0) is 17.9. The molecule has 0 saturated carbocycles. The Morgan fingerprint density at radius 3 is 2.85 bits per heavy atom. The summed E-state index contributed by atoms with van der Waals surface area (Å²) in [6.45, 7) is 6.47. The molecule has 0 N–H and O–H groups in total. The van der Waals surface area contributed by atoms with Crippen LogP contribution in [0, 0.1) is 5.92 Å². The Kier molecular flexibility index (Phi) is 4.77. The van der Waals surface area contributed by atoms with Crippen LogP contribution in [-0.2, 0) is 17.8 Å². The molecule has 1 saturated heterocycles. The number of benzene rings is 1. The predicted molar refractivity (Wildman–Crippen MR) is 98.2 cm³/mol. The second-order valence-electron chi connectivity index (χ2n) is 6.81. The van der Waals surface area contributed by atoms with E-state index in [-0.39, 0.29) is 11.8 Å². The first kappa shape index (κ1) is 16.9. The van der Waals surface area contributed by atoms with Gasteiger partial charge in [0.15, 0.2) is 0 Å². The third kappa shape index (κ3) is 3.25. The Labute approximate surface area is 153 Å². The lowest BCUT2D eigenvalue weighted by atomic mass is 9.98. The lowest BCUT2D eigenvalue weighted by molar-refractivity contribution is -0.137. The summed E-state index contributed by atoms with van der Waals surface area (Å²) in [5.41, 5.74) is 1.12. The van der Waals surface area contributed by atoms with Crippen molar-refractivity contribution in [2.45, 2.75) is 26.3 Å². The highest BCUT2D eigenvalue weighted by Crippen LogP contribution is 2.29. The molecule has 7 nitrogen and oxygen atoms in total. The number of hydrogen-bond acceptors (Lipinski definition) is 5. The maximum absolute atomic E-state index is 12.9. The number of amides is 1. The van der Waals surface area contributed by atoms with Crippen molar-refractivity contribution in [1.82, 2.24) is 19.7 Å². The van der Waals surface area contributed by atoms with Crippen LogP contribution >= 0.6 is 0 Å². The quantitative estimate of drug-likeness (QED) is 0.833. The van der Waals surface area contributed by atoms with Gasteiger partial charge in [-0.15, -0.1) is 0 Å². The standard InChI is InChI=1S/C19H25N5O2/c1-2-26-17-6-4-3-5-16(17)22-9-11-23(12-10-22)19(25)15-7-8-18-20-14-21-24(18)13-15/h3-6,14-15H,2,7-13H2,1H3. The van der Waals surface area contributed by atoms with E-state index in [1.165, 1.54) is 0 Å². The minimum absolute atomic E-state index is 0.0199. The van der Waals surface area contributed by atoms with Gasteiger partial charge in [-0.2, -0.15) is 5.10 Å². The number of fused-ring (bicyclic) bond motifs is 1. The van der Waals surface area contributed by atoms with E-state index >= 15 is 0 Å². The first-order valence-electron chi connectivity index (χ1n) is 9.38. The zero-order valence-corrected chi connectivity index (χ0v) is 15.2. The highest BCUT2D eigenvalue weighted by molar-refractivity contribution is 5.79. The van der Waals surface area contributed by atoms with E-state index in [4.69, 9.17) is 4.74 Å². The van der Waals surface area contributed by atoms with Crippen LogP contribution in [0.3, 0.4) is 0 Å². The van der Waals surface area contributed by atoms with E-state index in [2.05, 4.69) is 21.0 Å². The molecular weight excluding hydrogens is 330 g/mol. The van der Waals surface area contributed by atoms with Gasteiger partial charge in [0, 0.05) is 32.6 Å². The van der Waals surface area contributed by atoms with Gasteiger partial charge in [0.25, 0.3) is 0 Å². The lowest BCUT2D eigenvalue weighted by Gasteiger charge is -2.38. The number of rotatable bonds is 4. The summed E-state index contributed by atoms with van der Waals surface area (Å²) in [7, 11) is 0. The minimum Gasteiger partial charge on any atom is -0.492 e. The van der Waals surface area contributed by atoms with Crippen molar-refractivity contribution in [1.29, 1.82) is 0 Å². The molecule has 1 aromatic carbocycles. The average molecular weight is 355 g/mol. The number of ether oxygens (including phenoxy) is 1. The molecule has 138 valence electrons. The Hall–Kier alpha value is -2.57. The van der Waals surface area contributed by atoms with Crippen LogP contribution in [-0.4, -0.2) is 58.4 Å². The number of piperazine rings is 1. The number of para-hydroxylation sites is 2. The SMILES string of the molecule is CCOc1ccccc1N1CCN(C(=O)C2CCc3ncnn3C2)CC1. The van der Waals surface area contributed by atoms with Gasteiger partial charge in [-0.25, -0.2) is 9.67 Å². The molecule has 0 radical (unpaired) electrons. The third-order valence-corrected chi connectivity index (χ3v) is 5.25. The molecule has 3 heterocycles. The Morgan fingerprint density at radius 2 is 2.04 bits per heavy atom. The number of aryl methyl sites for hydroxylation is 1. The van der Waals surface area contributed by atoms with E-state index in [1.54, 1.807) is 6.33 Å². The molecule has 26 heavy (non-hydrogen) atoms. The normalized spacial score (nSPS) is 20.0. The van der Waals surface area contributed by atoms with Crippen molar-refractivity contribution < 1.29 is 9.53 Å². The van der Waals surface area contributed by atoms with Crippen LogP contribution in [0.25, 0.3) is 0 Å². The van der Waals surface area contributed by atoms with Gasteiger partial charge in [-0.1, -0.05) is 12.1 Å². The summed E-state index contributed by atoms with van der Waals surface area (Å²) in [4.78, 5) is 21.5. The summed E-state index contributed by atoms with van der Waals surface area (Å²) in [6.07, 6.45) is 3.28. The summed E-state index contributed by atoms with van der Waals surface area (Å²) < 4.78 is 7.62. The van der Waals surface area contributed by atoms with Gasteiger partial charge in [0.05, 0.1) is 24.8 Å². The summed E-state index contributed by atoms with van der Waals surface area (Å²) in [5, 5.41) is 4.23. The van der Waals surface area contributed by atoms with E-state index < -0.39 is 0 Å². The van der Waals surface area contributed by atoms with Gasteiger partial charge < -0.3 is 14.5 Å². The number of anilines is 1. The predicted octanol–water partition coefficient (Wildman–Crippen LogP) is 1.59. The maximum atomic E-state index is 12.9. The molecule has 0 aliphatic carbocycles. The molecule has 1 fully saturated rings. The molecule has 7 heteroatoms. The smallest absolute Gasteiger partial charge is 0.227 e. The largest absolute Gasteiger partial charge is 0.492 e. The van der Waals surface area contributed by atoms with Crippen molar-refractivity contribution in [2.75, 3.05) is 37.7 Å². The van der Waals surface area contributed by atoms with Crippen LogP contribution in [0.5, 0.6) is 5.75 Å². The Morgan fingerprint density at radius 1 is 1.23 bits per heavy atom. The number of aromatic nitrogens is 3. The van der Waals surface area contributed by atoms with Crippen molar-refractivity contribution in [3.63, 3.8) is 0 Å². The molecule has 0 bridgehead atoms. The van der Waals surface area contributed by atoms with E-state index in [0.717, 1.165) is 56.3 Å². The molecule has 0 spiro atoms. The number of carbonyl (C=O) groups excluding carboxylic acids is 1. The minimum atomic E-state index is 0.0199. The van der Waals surface area contributed by atoms with E-state index in [9.17, 15) is 4.79 Å². The fourth-order valence-corrected chi connectivity index (χ4v) is 3.86. The summed E-state index contributed by atoms with van der Waals surface area (Å²) in [6, 6.07) is 8.13. The molecular formula is C19H25N5O2. The molecule has 1 unspecified atom stereocenters. The molecule has 4 rings (SSSR count). The summed E-state index contributed by atoms with van der Waals surface area (Å²) >= 11 is 0. The molecule has 1 atom stereocenters. The van der Waals surface area contributed by atoms with Crippen LogP contribution in [0.4, 0.5) is 5.69 Å². The van der Waals surface area contributed by atoms with Crippen molar-refractivity contribution in [3.8, 4) is 5.75 Å².